The molecule has 0 unspecified atom stereocenters. The molecular formula is C9H14N2. The highest BCUT2D eigenvalue weighted by atomic mass is 14.5. The van der Waals surface area contributed by atoms with Crippen molar-refractivity contribution in [1.29, 1.82) is 10.8 Å². The van der Waals surface area contributed by atoms with Gasteiger partial charge in [0.1, 0.15) is 0 Å². The van der Waals surface area contributed by atoms with Crippen LogP contribution >= 0.6 is 0 Å². The number of allylic oxidation sites excluding steroid dienone is 3. The molecule has 0 heterocycles. The summed E-state index contributed by atoms with van der Waals surface area (Å²) in [6, 6.07) is 0. The molecule has 0 bridgehead atoms. The van der Waals surface area contributed by atoms with Gasteiger partial charge in [-0.3, -0.25) is 0 Å². The third-order valence-corrected chi connectivity index (χ3v) is 1.47. The minimum Gasteiger partial charge on any atom is -0.304 e. The zero-order chi connectivity index (χ0) is 8.85. The Balaban J connectivity index is 4.14. The van der Waals surface area contributed by atoms with Crippen molar-refractivity contribution in [3.8, 4) is 0 Å². The molecule has 0 spiro atoms. The Hall–Kier alpha value is -1.18. The van der Waals surface area contributed by atoms with Gasteiger partial charge in [0.2, 0.25) is 0 Å². The van der Waals surface area contributed by atoms with Crippen molar-refractivity contribution < 1.29 is 0 Å². The number of hydrogen-bond acceptors (Lipinski definition) is 2. The van der Waals surface area contributed by atoms with Gasteiger partial charge in [0.25, 0.3) is 0 Å². The summed E-state index contributed by atoms with van der Waals surface area (Å²) in [6.45, 7) is 7.14. The Labute approximate surface area is 67.7 Å². The van der Waals surface area contributed by atoms with Gasteiger partial charge in [0, 0.05) is 12.1 Å². The molecule has 0 aliphatic carbocycles. The highest BCUT2D eigenvalue weighted by Gasteiger charge is 1.99. The van der Waals surface area contributed by atoms with Gasteiger partial charge >= 0.3 is 0 Å². The van der Waals surface area contributed by atoms with E-state index in [2.05, 4.69) is 6.58 Å². The van der Waals surface area contributed by atoms with Crippen molar-refractivity contribution in [3.05, 3.63) is 24.3 Å². The molecule has 0 amide bonds. The summed E-state index contributed by atoms with van der Waals surface area (Å²) >= 11 is 0. The molecule has 0 rings (SSSR count). The second-order valence-electron chi connectivity index (χ2n) is 2.35. The average molecular weight is 150 g/mol. The lowest BCUT2D eigenvalue weighted by molar-refractivity contribution is 1.29. The molecule has 0 atom stereocenters. The molecule has 0 aliphatic rings. The Morgan fingerprint density at radius 3 is 2.27 bits per heavy atom. The lowest BCUT2D eigenvalue weighted by Crippen LogP contribution is -2.07. The van der Waals surface area contributed by atoms with E-state index >= 15 is 0 Å². The summed E-state index contributed by atoms with van der Waals surface area (Å²) in [7, 11) is 0. The van der Waals surface area contributed by atoms with E-state index in [0.717, 1.165) is 5.57 Å². The lowest BCUT2D eigenvalue weighted by atomic mass is 10.1. The van der Waals surface area contributed by atoms with E-state index in [1.807, 2.05) is 13.0 Å². The van der Waals surface area contributed by atoms with Crippen LogP contribution in [0.5, 0.6) is 0 Å². The first-order valence-corrected chi connectivity index (χ1v) is 3.52. The quantitative estimate of drug-likeness (QED) is 0.457. The fourth-order valence-electron chi connectivity index (χ4n) is 0.629. The first-order chi connectivity index (χ1) is 5.11. The molecule has 0 aromatic rings. The molecule has 0 aromatic heterocycles. The third-order valence-electron chi connectivity index (χ3n) is 1.47. The summed E-state index contributed by atoms with van der Waals surface area (Å²) in [5, 5.41) is 14.5. The molecule has 0 radical (unpaired) electrons. The first kappa shape index (κ1) is 9.82. The van der Waals surface area contributed by atoms with Crippen LogP contribution in [0.15, 0.2) is 24.3 Å². The minimum absolute atomic E-state index is 0.325. The van der Waals surface area contributed by atoms with Gasteiger partial charge in [-0.1, -0.05) is 18.7 Å². The molecule has 2 N–H and O–H groups in total. The molecule has 2 heteroatoms. The Morgan fingerprint density at radius 2 is 2.00 bits per heavy atom. The van der Waals surface area contributed by atoms with Gasteiger partial charge in [0.15, 0.2) is 0 Å². The fraction of sp³-hybridized carbons (Fsp3) is 0.333. The van der Waals surface area contributed by atoms with Crippen molar-refractivity contribution in [3.63, 3.8) is 0 Å². The van der Waals surface area contributed by atoms with Crippen LogP contribution < -0.4 is 0 Å². The van der Waals surface area contributed by atoms with Crippen molar-refractivity contribution in [1.82, 2.24) is 0 Å². The first-order valence-electron chi connectivity index (χ1n) is 3.52. The second-order valence-corrected chi connectivity index (χ2v) is 2.35. The monoisotopic (exact) mass is 150 g/mol. The summed E-state index contributed by atoms with van der Waals surface area (Å²) in [6.07, 6.45) is 4.15. The van der Waals surface area contributed by atoms with Gasteiger partial charge < -0.3 is 10.8 Å². The van der Waals surface area contributed by atoms with E-state index in [9.17, 15) is 0 Å². The summed E-state index contributed by atoms with van der Waals surface area (Å²) in [4.78, 5) is 0. The Kier molecular flexibility index (Phi) is 4.11. The van der Waals surface area contributed by atoms with Crippen molar-refractivity contribution in [2.75, 3.05) is 0 Å². The smallest absolute Gasteiger partial charge is 0.0562 e. The maximum atomic E-state index is 7.37. The SMILES string of the molecule is C=C/C(=C\C)CC(=N)C(C)=N. The molecule has 0 fully saturated rings. The van der Waals surface area contributed by atoms with Gasteiger partial charge in [-0.2, -0.15) is 0 Å². The van der Waals surface area contributed by atoms with Crippen molar-refractivity contribution >= 4 is 11.4 Å². The number of hydrogen-bond donors (Lipinski definition) is 2. The molecule has 60 valence electrons. The fourth-order valence-corrected chi connectivity index (χ4v) is 0.629. The van der Waals surface area contributed by atoms with E-state index in [4.69, 9.17) is 10.8 Å². The largest absolute Gasteiger partial charge is 0.304 e. The predicted octanol–water partition coefficient (Wildman–Crippen LogP) is 2.57. The van der Waals surface area contributed by atoms with E-state index in [1.165, 1.54) is 0 Å². The van der Waals surface area contributed by atoms with E-state index in [0.29, 0.717) is 17.8 Å². The van der Waals surface area contributed by atoms with E-state index < -0.39 is 0 Å². The molecule has 0 saturated heterocycles. The highest BCUT2D eigenvalue weighted by molar-refractivity contribution is 6.39. The van der Waals surface area contributed by atoms with E-state index in [1.54, 1.807) is 13.0 Å². The van der Waals surface area contributed by atoms with Crippen LogP contribution in [0.25, 0.3) is 0 Å². The van der Waals surface area contributed by atoms with Crippen LogP contribution in [-0.4, -0.2) is 11.4 Å². The van der Waals surface area contributed by atoms with Crippen LogP contribution in [-0.2, 0) is 0 Å². The van der Waals surface area contributed by atoms with Crippen LogP contribution in [0.4, 0.5) is 0 Å². The lowest BCUT2D eigenvalue weighted by Gasteiger charge is -2.00. The molecular weight excluding hydrogens is 136 g/mol. The standard InChI is InChI=1S/C9H14N2/c1-4-8(5-2)6-9(11)7(3)10/h4-5,10-11H,1,6H2,2-3H3/b8-5+,10-7?,11-9?. The van der Waals surface area contributed by atoms with Crippen LogP contribution in [0, 0.1) is 10.8 Å². The van der Waals surface area contributed by atoms with Crippen LogP contribution in [0.1, 0.15) is 20.3 Å². The van der Waals surface area contributed by atoms with Crippen molar-refractivity contribution in [2.24, 2.45) is 0 Å². The van der Waals surface area contributed by atoms with Gasteiger partial charge in [0.05, 0.1) is 5.71 Å². The highest BCUT2D eigenvalue weighted by Crippen LogP contribution is 2.03. The second kappa shape index (κ2) is 4.61. The van der Waals surface area contributed by atoms with Gasteiger partial charge in [-0.25, -0.2) is 0 Å². The van der Waals surface area contributed by atoms with Gasteiger partial charge in [-0.15, -0.1) is 0 Å². The minimum atomic E-state index is 0.325. The summed E-state index contributed by atoms with van der Waals surface area (Å²) in [5.41, 5.74) is 1.69. The number of rotatable bonds is 4. The topological polar surface area (TPSA) is 47.7 Å². The summed E-state index contributed by atoms with van der Waals surface area (Å²) in [5.74, 6) is 0. The molecule has 11 heavy (non-hydrogen) atoms. The average Bonchev–Trinajstić information content (AvgIpc) is 1.99. The molecule has 0 aliphatic heterocycles. The molecule has 0 aromatic carbocycles. The zero-order valence-electron chi connectivity index (χ0n) is 7.07. The third kappa shape index (κ3) is 3.50. The number of nitrogens with one attached hydrogen (secondary N) is 2. The zero-order valence-corrected chi connectivity index (χ0v) is 7.07. The maximum Gasteiger partial charge on any atom is 0.0562 e. The molecule has 0 saturated carbocycles. The molecule has 2 nitrogen and oxygen atoms in total. The van der Waals surface area contributed by atoms with Crippen LogP contribution in [0.3, 0.4) is 0 Å². The van der Waals surface area contributed by atoms with Gasteiger partial charge in [-0.05, 0) is 19.4 Å². The van der Waals surface area contributed by atoms with E-state index in [-0.39, 0.29) is 0 Å². The van der Waals surface area contributed by atoms with Crippen LogP contribution in [0.2, 0.25) is 0 Å². The Morgan fingerprint density at radius 1 is 1.45 bits per heavy atom. The van der Waals surface area contributed by atoms with Crippen molar-refractivity contribution in [2.45, 2.75) is 20.3 Å². The Bertz CT molecular complexity index is 212. The maximum absolute atomic E-state index is 7.37. The normalized spacial score (nSPS) is 10.9. The summed E-state index contributed by atoms with van der Waals surface area (Å²) < 4.78 is 0. The predicted molar refractivity (Wildman–Crippen MR) is 49.7 cm³/mol.